The summed E-state index contributed by atoms with van der Waals surface area (Å²) in [4.78, 5) is 9.93. The van der Waals surface area contributed by atoms with Gasteiger partial charge in [-0.25, -0.2) is 0 Å². The second kappa shape index (κ2) is 17.9. The molecule has 2 aliphatic heterocycles. The third-order valence-electron chi connectivity index (χ3n) is 17.7. The minimum absolute atomic E-state index is 0.0446. The summed E-state index contributed by atoms with van der Waals surface area (Å²) >= 11 is 3.79. The molecular weight excluding hydrogens is 1000 g/mol. The van der Waals surface area contributed by atoms with Crippen LogP contribution in [0.2, 0.25) is 0 Å². The number of fused-ring (bicyclic) bond motifs is 10. The van der Waals surface area contributed by atoms with E-state index in [9.17, 15) is 0 Å². The largest absolute Gasteiger partial charge is 0.310 e. The molecule has 0 aromatic heterocycles. The van der Waals surface area contributed by atoms with E-state index in [-0.39, 0.29) is 10.8 Å². The average molecular weight is 1060 g/mol. The molecule has 0 N–H and O–H groups in total. The van der Waals surface area contributed by atoms with E-state index in [1.807, 2.05) is 23.5 Å². The molecule has 0 saturated carbocycles. The fraction of sp³-hybridized carbons (Fsp3) is 0.0789. The number of rotatable bonds is 8. The van der Waals surface area contributed by atoms with Crippen LogP contribution in [0.3, 0.4) is 0 Å². The maximum Gasteiger partial charge on any atom is 0.0473 e. The van der Waals surface area contributed by atoms with Gasteiger partial charge in [0.25, 0.3) is 0 Å². The lowest BCUT2D eigenvalue weighted by Crippen LogP contribution is -2.14. The number of para-hydroxylation sites is 2. The van der Waals surface area contributed by atoms with Crippen molar-refractivity contribution in [3.8, 4) is 66.8 Å². The summed E-state index contributed by atoms with van der Waals surface area (Å²) in [5, 5.41) is 2.70. The second-order valence-corrected chi connectivity index (χ2v) is 25.0. The van der Waals surface area contributed by atoms with E-state index < -0.39 is 0 Å². The lowest BCUT2D eigenvalue weighted by atomic mass is 9.81. The molecule has 12 aromatic carbocycles. The standard InChI is InChI=1S/C76H54N2S2/c1-75(2)65-21-13-11-19-57(65)59-35-27-49(43-67(59)75)47-23-29-53(30-24-47)77(51-15-7-5-8-16-51)55-33-37-61-63-39-40-64-62-38-34-56(46-72(62)80-70-42-41-69(73(63)74(64)70)79-71(61)45-55)78(52-17-9-6-10-18-52)54-31-25-48(26-32-54)50-28-36-60-58-20-12-14-22-66(58)76(3,4)68(60)44-50/h5-46H,1-4H3. The molecule has 16 rings (SSSR count). The summed E-state index contributed by atoms with van der Waals surface area (Å²) in [6.45, 7) is 9.42. The van der Waals surface area contributed by atoms with E-state index in [1.165, 1.54) is 119 Å². The fourth-order valence-corrected chi connectivity index (χ4v) is 15.9. The van der Waals surface area contributed by atoms with E-state index in [1.54, 1.807) is 0 Å². The van der Waals surface area contributed by atoms with Gasteiger partial charge in [0.1, 0.15) is 0 Å². The summed E-state index contributed by atoms with van der Waals surface area (Å²) in [5.41, 5.74) is 27.7. The summed E-state index contributed by atoms with van der Waals surface area (Å²) < 4.78 is 0. The predicted molar refractivity (Wildman–Crippen MR) is 338 cm³/mol. The summed E-state index contributed by atoms with van der Waals surface area (Å²) in [7, 11) is 0. The first-order valence-corrected chi connectivity index (χ1v) is 29.4. The normalized spacial score (nSPS) is 14.1. The zero-order chi connectivity index (χ0) is 53.4. The van der Waals surface area contributed by atoms with Gasteiger partial charge in [0.2, 0.25) is 0 Å². The van der Waals surface area contributed by atoms with Gasteiger partial charge in [-0.1, -0.05) is 209 Å². The molecule has 0 bridgehead atoms. The van der Waals surface area contributed by atoms with Gasteiger partial charge in [-0.3, -0.25) is 0 Å². The molecule has 0 amide bonds. The van der Waals surface area contributed by atoms with Gasteiger partial charge < -0.3 is 9.80 Å². The van der Waals surface area contributed by atoms with Crippen molar-refractivity contribution in [2.75, 3.05) is 9.80 Å². The van der Waals surface area contributed by atoms with Crippen LogP contribution in [0.25, 0.3) is 77.5 Å². The SMILES string of the molecule is CC1(C)c2ccccc2-c2ccc(-c3ccc(N(c4ccccc4)c4ccc5c(c4)Sc4ccc6c7c(ccc-5c47)-c4ccc(N(c5ccccc5)c5ccc(-c7ccc8c(c7)C(C)(C)c7ccccc7-8)cc5)cc4S6)cc3)cc21. The number of hydrogen-bond acceptors (Lipinski definition) is 4. The van der Waals surface area contributed by atoms with Crippen molar-refractivity contribution in [3.05, 3.63) is 277 Å². The topological polar surface area (TPSA) is 6.48 Å². The summed E-state index contributed by atoms with van der Waals surface area (Å²) in [6.07, 6.45) is 0. The van der Waals surface area contributed by atoms with Crippen molar-refractivity contribution in [3.63, 3.8) is 0 Å². The Balaban J connectivity index is 0.711. The molecule has 2 aliphatic carbocycles. The second-order valence-electron chi connectivity index (χ2n) is 22.8. The summed E-state index contributed by atoms with van der Waals surface area (Å²) in [6, 6.07) is 95.2. The smallest absolute Gasteiger partial charge is 0.0473 e. The van der Waals surface area contributed by atoms with Crippen molar-refractivity contribution in [1.82, 2.24) is 0 Å². The molecule has 4 heteroatoms. The quantitative estimate of drug-likeness (QED) is 0.150. The Morgan fingerprint density at radius 2 is 0.562 bits per heavy atom. The Hall–Kier alpha value is -8.80. The van der Waals surface area contributed by atoms with Crippen LogP contribution in [0.4, 0.5) is 34.1 Å². The predicted octanol–water partition coefficient (Wildman–Crippen LogP) is 22.0. The van der Waals surface area contributed by atoms with Gasteiger partial charge >= 0.3 is 0 Å². The van der Waals surface area contributed by atoms with Crippen LogP contribution < -0.4 is 9.80 Å². The Morgan fingerprint density at radius 3 is 0.988 bits per heavy atom. The van der Waals surface area contributed by atoms with Crippen molar-refractivity contribution in [2.45, 2.75) is 58.1 Å². The van der Waals surface area contributed by atoms with E-state index in [4.69, 9.17) is 0 Å². The van der Waals surface area contributed by atoms with Gasteiger partial charge in [0.15, 0.2) is 0 Å². The van der Waals surface area contributed by atoms with Gasteiger partial charge in [0.05, 0.1) is 0 Å². The molecule has 0 unspecified atom stereocenters. The average Bonchev–Trinajstić information content (AvgIpc) is 4.01. The van der Waals surface area contributed by atoms with Crippen LogP contribution >= 0.6 is 23.5 Å². The van der Waals surface area contributed by atoms with Crippen molar-refractivity contribution in [2.24, 2.45) is 0 Å². The number of benzene rings is 12. The van der Waals surface area contributed by atoms with Crippen LogP contribution in [0, 0.1) is 0 Å². The highest BCUT2D eigenvalue weighted by molar-refractivity contribution is 8.00. The molecule has 0 radical (unpaired) electrons. The van der Waals surface area contributed by atoms with Crippen LogP contribution in [0.15, 0.2) is 274 Å². The van der Waals surface area contributed by atoms with Crippen molar-refractivity contribution >= 4 is 68.4 Å². The Morgan fingerprint density at radius 1 is 0.237 bits per heavy atom. The zero-order valence-electron chi connectivity index (χ0n) is 45.0. The highest BCUT2D eigenvalue weighted by Crippen LogP contribution is 2.58. The van der Waals surface area contributed by atoms with Crippen molar-refractivity contribution in [1.29, 1.82) is 0 Å². The molecule has 380 valence electrons. The number of anilines is 6. The summed E-state index contributed by atoms with van der Waals surface area (Å²) in [5.74, 6) is 0. The molecule has 0 fully saturated rings. The molecule has 2 heterocycles. The molecule has 4 aliphatic rings. The Bertz CT molecular complexity index is 4230. The lowest BCUT2D eigenvalue weighted by molar-refractivity contribution is 0.660. The van der Waals surface area contributed by atoms with Gasteiger partial charge in [-0.05, 0) is 186 Å². The van der Waals surface area contributed by atoms with E-state index in [0.717, 1.165) is 34.1 Å². The molecular formula is C76H54N2S2. The van der Waals surface area contributed by atoms with Crippen LogP contribution in [0.5, 0.6) is 0 Å². The minimum atomic E-state index is -0.0446. The van der Waals surface area contributed by atoms with Crippen LogP contribution in [0.1, 0.15) is 49.9 Å². The van der Waals surface area contributed by atoms with E-state index in [0.29, 0.717) is 0 Å². The lowest BCUT2D eigenvalue weighted by Gasteiger charge is -2.30. The molecule has 12 aromatic rings. The van der Waals surface area contributed by atoms with Crippen LogP contribution in [-0.2, 0) is 10.8 Å². The highest BCUT2D eigenvalue weighted by atomic mass is 32.2. The molecule has 80 heavy (non-hydrogen) atoms. The zero-order valence-corrected chi connectivity index (χ0v) is 46.6. The first kappa shape index (κ1) is 47.2. The monoisotopic (exact) mass is 1060 g/mol. The molecule has 0 spiro atoms. The maximum atomic E-state index is 2.41. The Kier molecular flexibility index (Phi) is 10.5. The fourth-order valence-electron chi connectivity index (χ4n) is 13.6. The number of hydrogen-bond donors (Lipinski definition) is 0. The minimum Gasteiger partial charge on any atom is -0.310 e. The van der Waals surface area contributed by atoms with Crippen LogP contribution in [-0.4, -0.2) is 0 Å². The third-order valence-corrected chi connectivity index (χ3v) is 19.9. The Labute approximate surface area is 477 Å². The molecule has 2 nitrogen and oxygen atoms in total. The molecule has 0 saturated heterocycles. The van der Waals surface area contributed by atoms with E-state index >= 15 is 0 Å². The maximum absolute atomic E-state index is 2.41. The van der Waals surface area contributed by atoms with E-state index in [2.05, 4.69) is 292 Å². The van der Waals surface area contributed by atoms with Crippen molar-refractivity contribution < 1.29 is 0 Å². The van der Waals surface area contributed by atoms with Gasteiger partial charge in [-0.15, -0.1) is 0 Å². The van der Waals surface area contributed by atoms with Gasteiger partial charge in [-0.2, -0.15) is 0 Å². The number of nitrogens with zero attached hydrogens (tertiary/aromatic N) is 2. The molecule has 0 atom stereocenters. The first-order valence-electron chi connectivity index (χ1n) is 27.8. The van der Waals surface area contributed by atoms with Gasteiger partial charge in [0, 0.05) is 75.3 Å². The highest BCUT2D eigenvalue weighted by Gasteiger charge is 2.37. The third kappa shape index (κ3) is 7.22. The first-order chi connectivity index (χ1) is 39.2.